The summed E-state index contributed by atoms with van der Waals surface area (Å²) in [5.41, 5.74) is 6.78. The number of ether oxygens (including phenoxy) is 1. The number of ketones is 1. The fourth-order valence-corrected chi connectivity index (χ4v) is 2.17. The first-order chi connectivity index (χ1) is 9.41. The summed E-state index contributed by atoms with van der Waals surface area (Å²) in [7, 11) is 0. The maximum absolute atomic E-state index is 12.2. The Bertz CT molecular complexity index is 538. The number of hydrogen-bond acceptors (Lipinski definition) is 4. The molecular formula is C15H20N2O3. The maximum atomic E-state index is 12.2. The quantitative estimate of drug-likeness (QED) is 0.851. The molecule has 5 nitrogen and oxygen atoms in total. The van der Waals surface area contributed by atoms with Gasteiger partial charge in [-0.1, -0.05) is 13.8 Å². The van der Waals surface area contributed by atoms with Crippen molar-refractivity contribution in [3.63, 3.8) is 0 Å². The lowest BCUT2D eigenvalue weighted by Crippen LogP contribution is -2.40. The van der Waals surface area contributed by atoms with E-state index in [0.717, 1.165) is 0 Å². The second kappa shape index (κ2) is 5.63. The number of nitrogens with two attached hydrogens (primary N) is 1. The van der Waals surface area contributed by atoms with Crippen LogP contribution in [0, 0.1) is 5.92 Å². The fraction of sp³-hybridized carbons (Fsp3) is 0.467. The molecule has 108 valence electrons. The molecule has 0 aliphatic carbocycles. The average molecular weight is 276 g/mol. The number of Topliss-reactive ketones (excluding diaryl/α,β-unsaturated/α-hetero) is 1. The van der Waals surface area contributed by atoms with Crippen molar-refractivity contribution in [2.24, 2.45) is 11.7 Å². The first-order valence-electron chi connectivity index (χ1n) is 6.80. The Balaban J connectivity index is 2.41. The third kappa shape index (κ3) is 2.67. The van der Waals surface area contributed by atoms with E-state index in [2.05, 4.69) is 0 Å². The Morgan fingerprint density at radius 2 is 2.00 bits per heavy atom. The zero-order valence-electron chi connectivity index (χ0n) is 12.1. The minimum atomic E-state index is -0.563. The van der Waals surface area contributed by atoms with Crippen LogP contribution in [0.15, 0.2) is 18.2 Å². The van der Waals surface area contributed by atoms with Crippen LogP contribution >= 0.6 is 0 Å². The second-order valence-electron chi connectivity index (χ2n) is 5.33. The molecule has 1 unspecified atom stereocenters. The van der Waals surface area contributed by atoms with E-state index >= 15 is 0 Å². The van der Waals surface area contributed by atoms with Crippen molar-refractivity contribution < 1.29 is 14.3 Å². The molecule has 0 saturated heterocycles. The Morgan fingerprint density at radius 1 is 1.30 bits per heavy atom. The fourth-order valence-electron chi connectivity index (χ4n) is 2.17. The summed E-state index contributed by atoms with van der Waals surface area (Å²) in [4.78, 5) is 25.9. The third-order valence-electron chi connectivity index (χ3n) is 3.28. The molecule has 1 aliphatic heterocycles. The van der Waals surface area contributed by atoms with Crippen LogP contribution in [0.5, 0.6) is 5.75 Å². The van der Waals surface area contributed by atoms with Gasteiger partial charge >= 0.3 is 0 Å². The third-order valence-corrected chi connectivity index (χ3v) is 3.28. The van der Waals surface area contributed by atoms with Gasteiger partial charge in [0, 0.05) is 11.5 Å². The maximum Gasteiger partial charge on any atom is 0.229 e. The number of nitrogens with zero attached hydrogens (tertiary/aromatic N) is 1. The molecule has 20 heavy (non-hydrogen) atoms. The molecular weight excluding hydrogens is 256 g/mol. The summed E-state index contributed by atoms with van der Waals surface area (Å²) in [6.45, 7) is 6.32. The van der Waals surface area contributed by atoms with Gasteiger partial charge in [0.1, 0.15) is 12.4 Å². The largest absolute Gasteiger partial charge is 0.490 e. The van der Waals surface area contributed by atoms with Crippen LogP contribution in [-0.2, 0) is 4.79 Å². The molecule has 1 aromatic rings. The number of carbonyl (C=O) groups excluding carboxylic acids is 2. The van der Waals surface area contributed by atoms with Crippen LogP contribution < -0.4 is 15.4 Å². The van der Waals surface area contributed by atoms with Crippen molar-refractivity contribution in [2.45, 2.75) is 26.8 Å². The SMILES string of the molecule is CC(C)C(=O)N1CCOc2ccc(C(=O)C(C)N)cc21. The van der Waals surface area contributed by atoms with Crippen molar-refractivity contribution >= 4 is 17.4 Å². The second-order valence-corrected chi connectivity index (χ2v) is 5.33. The lowest BCUT2D eigenvalue weighted by molar-refractivity contribution is -0.121. The molecule has 5 heteroatoms. The predicted octanol–water partition coefficient (Wildman–Crippen LogP) is 1.60. The molecule has 1 amide bonds. The molecule has 0 saturated carbocycles. The van der Waals surface area contributed by atoms with E-state index in [0.29, 0.717) is 30.2 Å². The lowest BCUT2D eigenvalue weighted by atomic mass is 10.0. The van der Waals surface area contributed by atoms with Gasteiger partial charge in [-0.3, -0.25) is 9.59 Å². The number of anilines is 1. The molecule has 1 aliphatic rings. The highest BCUT2D eigenvalue weighted by Gasteiger charge is 2.26. The van der Waals surface area contributed by atoms with E-state index in [9.17, 15) is 9.59 Å². The van der Waals surface area contributed by atoms with Gasteiger partial charge in [0.05, 0.1) is 18.3 Å². The Hall–Kier alpha value is -1.88. The minimum absolute atomic E-state index is 0.0277. The number of rotatable bonds is 3. The predicted molar refractivity (Wildman–Crippen MR) is 77.1 cm³/mol. The van der Waals surface area contributed by atoms with Gasteiger partial charge in [0.15, 0.2) is 5.78 Å². The van der Waals surface area contributed by atoms with Crippen LogP contribution in [0.3, 0.4) is 0 Å². The van der Waals surface area contributed by atoms with Crippen LogP contribution in [0.4, 0.5) is 5.69 Å². The summed E-state index contributed by atoms with van der Waals surface area (Å²) >= 11 is 0. The van der Waals surface area contributed by atoms with Gasteiger partial charge in [0.2, 0.25) is 5.91 Å². The topological polar surface area (TPSA) is 72.6 Å². The highest BCUT2D eigenvalue weighted by molar-refractivity contribution is 6.03. The van der Waals surface area contributed by atoms with Crippen LogP contribution in [-0.4, -0.2) is 30.9 Å². The average Bonchev–Trinajstić information content (AvgIpc) is 2.44. The number of benzene rings is 1. The van der Waals surface area contributed by atoms with Crippen molar-refractivity contribution in [3.05, 3.63) is 23.8 Å². The van der Waals surface area contributed by atoms with Gasteiger partial charge in [-0.15, -0.1) is 0 Å². The van der Waals surface area contributed by atoms with E-state index in [4.69, 9.17) is 10.5 Å². The monoisotopic (exact) mass is 276 g/mol. The molecule has 0 spiro atoms. The normalized spacial score (nSPS) is 15.6. The summed E-state index contributed by atoms with van der Waals surface area (Å²) in [6.07, 6.45) is 0. The summed E-state index contributed by atoms with van der Waals surface area (Å²) in [5, 5.41) is 0. The molecule has 0 aromatic heterocycles. The van der Waals surface area contributed by atoms with Crippen molar-refractivity contribution in [2.75, 3.05) is 18.1 Å². The van der Waals surface area contributed by atoms with Gasteiger partial charge in [-0.05, 0) is 25.1 Å². The van der Waals surface area contributed by atoms with Gasteiger partial charge in [-0.2, -0.15) is 0 Å². The van der Waals surface area contributed by atoms with E-state index < -0.39 is 6.04 Å². The van der Waals surface area contributed by atoms with Gasteiger partial charge < -0.3 is 15.4 Å². The van der Waals surface area contributed by atoms with Crippen molar-refractivity contribution in [1.29, 1.82) is 0 Å². The molecule has 2 N–H and O–H groups in total. The number of carbonyl (C=O) groups is 2. The number of amides is 1. The first-order valence-corrected chi connectivity index (χ1v) is 6.80. The zero-order valence-corrected chi connectivity index (χ0v) is 12.1. The number of fused-ring (bicyclic) bond motifs is 1. The molecule has 0 radical (unpaired) electrons. The molecule has 0 bridgehead atoms. The molecule has 1 atom stereocenters. The zero-order chi connectivity index (χ0) is 14.9. The Labute approximate surface area is 118 Å². The van der Waals surface area contributed by atoms with E-state index in [-0.39, 0.29) is 17.6 Å². The standard InChI is InChI=1S/C15H20N2O3/c1-9(2)15(19)17-6-7-20-13-5-4-11(8-12(13)17)14(18)10(3)16/h4-5,8-10H,6-7,16H2,1-3H3. The van der Waals surface area contributed by atoms with E-state index in [1.54, 1.807) is 30.0 Å². The highest BCUT2D eigenvalue weighted by atomic mass is 16.5. The highest BCUT2D eigenvalue weighted by Crippen LogP contribution is 2.33. The van der Waals surface area contributed by atoms with Gasteiger partial charge in [-0.25, -0.2) is 0 Å². The molecule has 1 aromatic carbocycles. The summed E-state index contributed by atoms with van der Waals surface area (Å²) in [6, 6.07) is 4.55. The Kier molecular flexibility index (Phi) is 4.09. The molecule has 0 fully saturated rings. The van der Waals surface area contributed by atoms with Crippen molar-refractivity contribution in [1.82, 2.24) is 0 Å². The Morgan fingerprint density at radius 3 is 2.60 bits per heavy atom. The summed E-state index contributed by atoms with van der Waals surface area (Å²) in [5.74, 6) is 0.412. The van der Waals surface area contributed by atoms with E-state index in [1.807, 2.05) is 13.8 Å². The van der Waals surface area contributed by atoms with Crippen LogP contribution in [0.2, 0.25) is 0 Å². The van der Waals surface area contributed by atoms with E-state index in [1.165, 1.54) is 0 Å². The van der Waals surface area contributed by atoms with Crippen LogP contribution in [0.1, 0.15) is 31.1 Å². The molecule has 1 heterocycles. The summed E-state index contributed by atoms with van der Waals surface area (Å²) < 4.78 is 5.54. The van der Waals surface area contributed by atoms with Crippen molar-refractivity contribution in [3.8, 4) is 5.75 Å². The first kappa shape index (κ1) is 14.5. The smallest absolute Gasteiger partial charge is 0.229 e. The number of hydrogen-bond donors (Lipinski definition) is 1. The van der Waals surface area contributed by atoms with Gasteiger partial charge in [0.25, 0.3) is 0 Å². The lowest BCUT2D eigenvalue weighted by Gasteiger charge is -2.31. The minimum Gasteiger partial charge on any atom is -0.490 e. The molecule has 2 rings (SSSR count). The van der Waals surface area contributed by atoms with Crippen LogP contribution in [0.25, 0.3) is 0 Å².